The van der Waals surface area contributed by atoms with Gasteiger partial charge in [0.15, 0.2) is 5.96 Å². The van der Waals surface area contributed by atoms with Gasteiger partial charge in [-0.05, 0) is 23.8 Å². The summed E-state index contributed by atoms with van der Waals surface area (Å²) in [6.45, 7) is 2.10. The summed E-state index contributed by atoms with van der Waals surface area (Å²) in [6, 6.07) is 10.2. The molecule has 0 atom stereocenters. The number of ether oxygens (including phenoxy) is 1. The van der Waals surface area contributed by atoms with E-state index in [1.54, 1.807) is 20.4 Å². The third kappa shape index (κ3) is 4.61. The highest BCUT2D eigenvalue weighted by Crippen LogP contribution is 2.08. The summed E-state index contributed by atoms with van der Waals surface area (Å²) >= 11 is 0. The van der Waals surface area contributed by atoms with Crippen LogP contribution in [0.3, 0.4) is 0 Å². The van der Waals surface area contributed by atoms with Crippen LogP contribution in [0.1, 0.15) is 5.56 Å². The number of benzene rings is 1. The van der Waals surface area contributed by atoms with Crippen molar-refractivity contribution in [3.8, 4) is 5.69 Å². The van der Waals surface area contributed by atoms with Crippen LogP contribution in [0.2, 0.25) is 0 Å². The van der Waals surface area contributed by atoms with Gasteiger partial charge >= 0.3 is 0 Å². The second kappa shape index (κ2) is 8.06. The lowest BCUT2D eigenvalue weighted by Gasteiger charge is -2.11. The maximum atomic E-state index is 4.99. The van der Waals surface area contributed by atoms with Gasteiger partial charge in [0, 0.05) is 39.6 Å². The molecule has 0 amide bonds. The van der Waals surface area contributed by atoms with Gasteiger partial charge in [-0.2, -0.15) is 5.10 Å². The standard InChI is InChI=1S/C15H21N5O/c1-16-15(17-9-11-21-2)18-12-13-4-6-14(7-5-13)20-10-3-8-19-20/h3-8,10H,9,11-12H2,1-2H3,(H2,16,17,18). The van der Waals surface area contributed by atoms with E-state index < -0.39 is 0 Å². The lowest BCUT2D eigenvalue weighted by molar-refractivity contribution is 0.203. The molecule has 2 rings (SSSR count). The van der Waals surface area contributed by atoms with Crippen LogP contribution in [-0.2, 0) is 11.3 Å². The molecule has 0 radical (unpaired) electrons. The fourth-order valence-electron chi connectivity index (χ4n) is 1.87. The molecule has 1 aromatic carbocycles. The summed E-state index contributed by atoms with van der Waals surface area (Å²) in [5.41, 5.74) is 2.23. The highest BCUT2D eigenvalue weighted by Gasteiger charge is 1.99. The first-order valence-electron chi connectivity index (χ1n) is 6.86. The number of hydrogen-bond donors (Lipinski definition) is 2. The Morgan fingerprint density at radius 1 is 1.29 bits per heavy atom. The van der Waals surface area contributed by atoms with Crippen molar-refractivity contribution in [2.24, 2.45) is 4.99 Å². The molecule has 0 spiro atoms. The van der Waals surface area contributed by atoms with E-state index in [9.17, 15) is 0 Å². The third-order valence-corrected chi connectivity index (χ3v) is 2.99. The molecule has 1 heterocycles. The van der Waals surface area contributed by atoms with E-state index in [0.717, 1.165) is 18.2 Å². The summed E-state index contributed by atoms with van der Waals surface area (Å²) in [5.74, 6) is 0.767. The molecule has 6 nitrogen and oxygen atoms in total. The van der Waals surface area contributed by atoms with Gasteiger partial charge < -0.3 is 15.4 Å². The molecule has 0 aliphatic carbocycles. The number of hydrogen-bond acceptors (Lipinski definition) is 3. The van der Waals surface area contributed by atoms with Gasteiger partial charge in [-0.25, -0.2) is 4.68 Å². The first-order chi connectivity index (χ1) is 10.3. The molecule has 21 heavy (non-hydrogen) atoms. The van der Waals surface area contributed by atoms with Crippen LogP contribution in [0.25, 0.3) is 5.69 Å². The molecular formula is C15H21N5O. The van der Waals surface area contributed by atoms with Crippen molar-refractivity contribution in [2.45, 2.75) is 6.54 Å². The lowest BCUT2D eigenvalue weighted by atomic mass is 10.2. The fourth-order valence-corrected chi connectivity index (χ4v) is 1.87. The van der Waals surface area contributed by atoms with E-state index in [-0.39, 0.29) is 0 Å². The summed E-state index contributed by atoms with van der Waals surface area (Å²) in [7, 11) is 3.43. The van der Waals surface area contributed by atoms with E-state index in [1.807, 2.05) is 29.1 Å². The highest BCUT2D eigenvalue weighted by molar-refractivity contribution is 5.79. The molecule has 0 fully saturated rings. The summed E-state index contributed by atoms with van der Waals surface area (Å²) in [4.78, 5) is 4.16. The van der Waals surface area contributed by atoms with Crippen LogP contribution < -0.4 is 10.6 Å². The first-order valence-corrected chi connectivity index (χ1v) is 6.86. The van der Waals surface area contributed by atoms with Crippen molar-refractivity contribution in [2.75, 3.05) is 27.3 Å². The van der Waals surface area contributed by atoms with Crippen molar-refractivity contribution >= 4 is 5.96 Å². The van der Waals surface area contributed by atoms with Crippen molar-refractivity contribution < 1.29 is 4.74 Å². The van der Waals surface area contributed by atoms with Crippen molar-refractivity contribution in [1.82, 2.24) is 20.4 Å². The Morgan fingerprint density at radius 3 is 2.71 bits per heavy atom. The number of rotatable bonds is 6. The number of aliphatic imine (C=N–C) groups is 1. The molecule has 0 bridgehead atoms. The summed E-state index contributed by atoms with van der Waals surface area (Å²) in [6.07, 6.45) is 3.69. The average molecular weight is 287 g/mol. The molecule has 6 heteroatoms. The second-order valence-electron chi connectivity index (χ2n) is 4.46. The zero-order chi connectivity index (χ0) is 14.9. The van der Waals surface area contributed by atoms with Gasteiger partial charge in [0.2, 0.25) is 0 Å². The Morgan fingerprint density at radius 2 is 2.10 bits per heavy atom. The monoisotopic (exact) mass is 287 g/mol. The molecule has 112 valence electrons. The van der Waals surface area contributed by atoms with Crippen molar-refractivity contribution in [1.29, 1.82) is 0 Å². The smallest absolute Gasteiger partial charge is 0.191 e. The minimum Gasteiger partial charge on any atom is -0.383 e. The molecule has 2 N–H and O–H groups in total. The zero-order valence-electron chi connectivity index (χ0n) is 12.4. The number of nitrogens with one attached hydrogen (secondary N) is 2. The average Bonchev–Trinajstić information content (AvgIpc) is 3.06. The highest BCUT2D eigenvalue weighted by atomic mass is 16.5. The van der Waals surface area contributed by atoms with Crippen LogP contribution in [0.5, 0.6) is 0 Å². The molecule has 2 aromatic rings. The van der Waals surface area contributed by atoms with Crippen LogP contribution in [0.4, 0.5) is 0 Å². The third-order valence-electron chi connectivity index (χ3n) is 2.99. The van der Waals surface area contributed by atoms with E-state index in [4.69, 9.17) is 4.74 Å². The van der Waals surface area contributed by atoms with Crippen molar-refractivity contribution in [3.05, 3.63) is 48.3 Å². The Hall–Kier alpha value is -2.34. The summed E-state index contributed by atoms with van der Waals surface area (Å²) in [5, 5.41) is 10.6. The largest absolute Gasteiger partial charge is 0.383 e. The Balaban J connectivity index is 1.85. The minimum atomic E-state index is 0.652. The minimum absolute atomic E-state index is 0.652. The Kier molecular flexibility index (Phi) is 5.78. The maximum Gasteiger partial charge on any atom is 0.191 e. The molecule has 0 saturated heterocycles. The predicted molar refractivity (Wildman–Crippen MR) is 83.6 cm³/mol. The number of aromatic nitrogens is 2. The normalized spacial score (nSPS) is 11.4. The Bertz CT molecular complexity index is 548. The van der Waals surface area contributed by atoms with Gasteiger partial charge in [0.05, 0.1) is 12.3 Å². The number of nitrogens with zero attached hydrogens (tertiary/aromatic N) is 3. The second-order valence-corrected chi connectivity index (χ2v) is 4.46. The van der Waals surface area contributed by atoms with E-state index in [1.165, 1.54) is 5.56 Å². The van der Waals surface area contributed by atoms with Gasteiger partial charge in [-0.1, -0.05) is 12.1 Å². The van der Waals surface area contributed by atoms with Gasteiger partial charge in [0.25, 0.3) is 0 Å². The molecule has 1 aromatic heterocycles. The Labute approximate surface area is 124 Å². The topological polar surface area (TPSA) is 63.5 Å². The van der Waals surface area contributed by atoms with Gasteiger partial charge in [-0.3, -0.25) is 4.99 Å². The molecule has 0 unspecified atom stereocenters. The molecule has 0 aliphatic rings. The van der Waals surface area contributed by atoms with E-state index >= 15 is 0 Å². The number of methoxy groups -OCH3 is 1. The predicted octanol–water partition coefficient (Wildman–Crippen LogP) is 1.18. The SMILES string of the molecule is CN=C(NCCOC)NCc1ccc(-n2cccn2)cc1. The zero-order valence-corrected chi connectivity index (χ0v) is 12.4. The maximum absolute atomic E-state index is 4.99. The fraction of sp³-hybridized carbons (Fsp3) is 0.333. The lowest BCUT2D eigenvalue weighted by Crippen LogP contribution is -2.38. The quantitative estimate of drug-likeness (QED) is 0.476. The molecular weight excluding hydrogens is 266 g/mol. The van der Waals surface area contributed by atoms with Crippen LogP contribution in [0, 0.1) is 0 Å². The number of guanidine groups is 1. The molecule has 0 saturated carbocycles. The van der Waals surface area contributed by atoms with Crippen molar-refractivity contribution in [3.63, 3.8) is 0 Å². The summed E-state index contributed by atoms with van der Waals surface area (Å²) < 4.78 is 6.83. The van der Waals surface area contributed by atoms with E-state index in [2.05, 4.69) is 32.9 Å². The van der Waals surface area contributed by atoms with Gasteiger partial charge in [-0.15, -0.1) is 0 Å². The first kappa shape index (κ1) is 15.1. The van der Waals surface area contributed by atoms with Crippen LogP contribution in [0.15, 0.2) is 47.7 Å². The van der Waals surface area contributed by atoms with Gasteiger partial charge in [0.1, 0.15) is 0 Å². The van der Waals surface area contributed by atoms with Crippen LogP contribution >= 0.6 is 0 Å². The van der Waals surface area contributed by atoms with Crippen LogP contribution in [-0.4, -0.2) is 43.0 Å². The molecule has 0 aliphatic heterocycles. The van der Waals surface area contributed by atoms with E-state index in [0.29, 0.717) is 13.2 Å².